The van der Waals surface area contributed by atoms with Gasteiger partial charge in [-0.15, -0.1) is 0 Å². The van der Waals surface area contributed by atoms with Crippen LogP contribution in [0.2, 0.25) is 0 Å². The van der Waals surface area contributed by atoms with Crippen molar-refractivity contribution in [1.29, 1.82) is 0 Å². The maximum Gasteiger partial charge on any atom is 0.335 e. The van der Waals surface area contributed by atoms with Crippen molar-refractivity contribution in [2.24, 2.45) is 0 Å². The largest absolute Gasteiger partial charge is 0.478 e. The molecule has 1 aliphatic heterocycles. The molecule has 1 fully saturated rings. The lowest BCUT2D eigenvalue weighted by molar-refractivity contribution is 0.0697. The molecule has 3 nitrogen and oxygen atoms in total. The fraction of sp³-hybridized carbons (Fsp3) is 0.462. The second-order valence-corrected chi connectivity index (χ2v) is 4.48. The smallest absolute Gasteiger partial charge is 0.335 e. The number of carboxylic acids is 1. The van der Waals surface area contributed by atoms with E-state index in [2.05, 4.69) is 4.90 Å². The van der Waals surface area contributed by atoms with Crippen LogP contribution in [0.4, 0.5) is 4.39 Å². The van der Waals surface area contributed by atoms with Gasteiger partial charge in [0.2, 0.25) is 0 Å². The second-order valence-electron chi connectivity index (χ2n) is 4.48. The van der Waals surface area contributed by atoms with E-state index in [1.165, 1.54) is 0 Å². The Hall–Kier alpha value is -1.42. The SMILES string of the molecule is O=C(O)c1ccc(CN2CCCC(F)C2)cc1. The molecule has 0 aromatic heterocycles. The minimum Gasteiger partial charge on any atom is -0.478 e. The molecule has 0 bridgehead atoms. The highest BCUT2D eigenvalue weighted by Gasteiger charge is 2.18. The van der Waals surface area contributed by atoms with Crippen LogP contribution in [0, 0.1) is 0 Å². The molecule has 0 saturated carbocycles. The van der Waals surface area contributed by atoms with Crippen molar-refractivity contribution in [3.05, 3.63) is 35.4 Å². The third kappa shape index (κ3) is 3.27. The molecule has 1 heterocycles. The van der Waals surface area contributed by atoms with Gasteiger partial charge in [-0.05, 0) is 37.1 Å². The summed E-state index contributed by atoms with van der Waals surface area (Å²) in [4.78, 5) is 12.8. The molecular weight excluding hydrogens is 221 g/mol. The van der Waals surface area contributed by atoms with Crippen LogP contribution in [0.15, 0.2) is 24.3 Å². The number of rotatable bonds is 3. The first-order valence-electron chi connectivity index (χ1n) is 5.84. The lowest BCUT2D eigenvalue weighted by atomic mass is 10.1. The Morgan fingerprint density at radius 3 is 2.71 bits per heavy atom. The van der Waals surface area contributed by atoms with E-state index in [4.69, 9.17) is 5.11 Å². The van der Waals surface area contributed by atoms with Crippen LogP contribution in [0.3, 0.4) is 0 Å². The van der Waals surface area contributed by atoms with Crippen molar-refractivity contribution in [2.75, 3.05) is 13.1 Å². The van der Waals surface area contributed by atoms with E-state index in [1.807, 2.05) is 0 Å². The van der Waals surface area contributed by atoms with Gasteiger partial charge in [-0.1, -0.05) is 12.1 Å². The standard InChI is InChI=1S/C13H16FNO2/c14-12-2-1-7-15(9-12)8-10-3-5-11(6-4-10)13(16)17/h3-6,12H,1-2,7-9H2,(H,16,17). The number of piperidine rings is 1. The zero-order chi connectivity index (χ0) is 12.3. The average molecular weight is 237 g/mol. The highest BCUT2D eigenvalue weighted by molar-refractivity contribution is 5.87. The van der Waals surface area contributed by atoms with Gasteiger partial charge < -0.3 is 5.11 Å². The van der Waals surface area contributed by atoms with Crippen LogP contribution in [0.1, 0.15) is 28.8 Å². The van der Waals surface area contributed by atoms with Crippen molar-refractivity contribution in [2.45, 2.75) is 25.6 Å². The lowest BCUT2D eigenvalue weighted by Gasteiger charge is -2.28. The van der Waals surface area contributed by atoms with Crippen LogP contribution in [-0.2, 0) is 6.54 Å². The minimum atomic E-state index is -0.918. The highest BCUT2D eigenvalue weighted by atomic mass is 19.1. The number of nitrogens with zero attached hydrogens (tertiary/aromatic N) is 1. The lowest BCUT2D eigenvalue weighted by Crippen LogP contribution is -2.35. The molecule has 0 radical (unpaired) electrons. The molecule has 1 atom stereocenters. The molecule has 0 spiro atoms. The number of carboxylic acid groups (broad SMARTS) is 1. The first-order valence-corrected chi connectivity index (χ1v) is 5.84. The summed E-state index contributed by atoms with van der Waals surface area (Å²) in [6.45, 7) is 2.10. The van der Waals surface area contributed by atoms with E-state index < -0.39 is 12.1 Å². The van der Waals surface area contributed by atoms with Gasteiger partial charge in [0.25, 0.3) is 0 Å². The van der Waals surface area contributed by atoms with E-state index in [9.17, 15) is 9.18 Å². The molecule has 1 aromatic carbocycles. The molecule has 1 unspecified atom stereocenters. The van der Waals surface area contributed by atoms with Gasteiger partial charge in [-0.2, -0.15) is 0 Å². The summed E-state index contributed by atoms with van der Waals surface area (Å²) in [7, 11) is 0. The number of benzene rings is 1. The van der Waals surface area contributed by atoms with Gasteiger partial charge in [-0.3, -0.25) is 4.90 Å². The molecule has 1 saturated heterocycles. The molecule has 2 rings (SSSR count). The van der Waals surface area contributed by atoms with Crippen LogP contribution in [0.25, 0.3) is 0 Å². The van der Waals surface area contributed by atoms with Crippen LogP contribution in [0.5, 0.6) is 0 Å². The maximum absolute atomic E-state index is 13.2. The summed E-state index contributed by atoms with van der Waals surface area (Å²) in [5.74, 6) is -0.918. The number of halogens is 1. The second kappa shape index (κ2) is 5.27. The molecule has 4 heteroatoms. The Morgan fingerprint density at radius 2 is 2.12 bits per heavy atom. The molecule has 92 valence electrons. The van der Waals surface area contributed by atoms with Crippen LogP contribution < -0.4 is 0 Å². The Labute approximate surface area is 99.9 Å². The van der Waals surface area contributed by atoms with Gasteiger partial charge in [0.05, 0.1) is 5.56 Å². The summed E-state index contributed by atoms with van der Waals surface area (Å²) in [6, 6.07) is 6.78. The molecule has 0 aliphatic carbocycles. The summed E-state index contributed by atoms with van der Waals surface area (Å²) >= 11 is 0. The van der Waals surface area contributed by atoms with Crippen molar-refractivity contribution >= 4 is 5.97 Å². The zero-order valence-electron chi connectivity index (χ0n) is 9.60. The van der Waals surface area contributed by atoms with Gasteiger partial charge in [-0.25, -0.2) is 9.18 Å². The predicted molar refractivity (Wildman–Crippen MR) is 62.8 cm³/mol. The molecule has 1 N–H and O–H groups in total. The fourth-order valence-electron chi connectivity index (χ4n) is 2.15. The molecule has 1 aromatic rings. The quantitative estimate of drug-likeness (QED) is 0.877. The predicted octanol–water partition coefficient (Wildman–Crippen LogP) is 2.32. The number of hydrogen-bond acceptors (Lipinski definition) is 2. The summed E-state index contributed by atoms with van der Waals surface area (Å²) in [5.41, 5.74) is 1.32. The Bertz CT molecular complexity index is 391. The summed E-state index contributed by atoms with van der Waals surface area (Å²) < 4.78 is 13.2. The number of aromatic carboxylic acids is 1. The number of carbonyl (C=O) groups is 1. The topological polar surface area (TPSA) is 40.5 Å². The fourth-order valence-corrected chi connectivity index (χ4v) is 2.15. The van der Waals surface area contributed by atoms with Gasteiger partial charge in [0, 0.05) is 13.1 Å². The van der Waals surface area contributed by atoms with Gasteiger partial charge in [0.1, 0.15) is 6.17 Å². The summed E-state index contributed by atoms with van der Waals surface area (Å²) in [6.07, 6.45) is 0.838. The number of alkyl halides is 1. The number of likely N-dealkylation sites (tertiary alicyclic amines) is 1. The normalized spacial score (nSPS) is 21.4. The molecule has 0 amide bonds. The van der Waals surface area contributed by atoms with Crippen molar-refractivity contribution in [3.63, 3.8) is 0 Å². The Kier molecular flexibility index (Phi) is 3.74. The monoisotopic (exact) mass is 237 g/mol. The summed E-state index contributed by atoms with van der Waals surface area (Å²) in [5, 5.41) is 8.77. The van der Waals surface area contributed by atoms with E-state index in [0.717, 1.165) is 18.5 Å². The van der Waals surface area contributed by atoms with Crippen LogP contribution >= 0.6 is 0 Å². The van der Waals surface area contributed by atoms with Gasteiger partial charge >= 0.3 is 5.97 Å². The third-order valence-electron chi connectivity index (χ3n) is 3.06. The molecule has 1 aliphatic rings. The van der Waals surface area contributed by atoms with Crippen molar-refractivity contribution in [1.82, 2.24) is 4.90 Å². The minimum absolute atomic E-state index is 0.288. The average Bonchev–Trinajstić information content (AvgIpc) is 2.29. The van der Waals surface area contributed by atoms with Gasteiger partial charge in [0.15, 0.2) is 0 Å². The molecular formula is C13H16FNO2. The van der Waals surface area contributed by atoms with E-state index >= 15 is 0 Å². The van der Waals surface area contributed by atoms with E-state index in [-0.39, 0.29) is 5.56 Å². The Morgan fingerprint density at radius 1 is 1.41 bits per heavy atom. The Balaban J connectivity index is 1.96. The van der Waals surface area contributed by atoms with E-state index in [0.29, 0.717) is 19.5 Å². The first-order chi connectivity index (χ1) is 8.15. The third-order valence-corrected chi connectivity index (χ3v) is 3.06. The van der Waals surface area contributed by atoms with Crippen molar-refractivity contribution < 1.29 is 14.3 Å². The highest BCUT2D eigenvalue weighted by Crippen LogP contribution is 2.16. The van der Waals surface area contributed by atoms with Crippen molar-refractivity contribution in [3.8, 4) is 0 Å². The van der Waals surface area contributed by atoms with E-state index in [1.54, 1.807) is 24.3 Å². The first kappa shape index (κ1) is 12.0. The van der Waals surface area contributed by atoms with Crippen LogP contribution in [-0.4, -0.2) is 35.2 Å². The number of hydrogen-bond donors (Lipinski definition) is 1. The zero-order valence-corrected chi connectivity index (χ0v) is 9.60. The molecule has 17 heavy (non-hydrogen) atoms. The maximum atomic E-state index is 13.2.